The van der Waals surface area contributed by atoms with E-state index >= 15 is 0 Å². The molecule has 1 saturated heterocycles. The molecule has 4 atom stereocenters. The van der Waals surface area contributed by atoms with Crippen molar-refractivity contribution < 1.29 is 4.79 Å². The highest BCUT2D eigenvalue weighted by Gasteiger charge is 2.47. The van der Waals surface area contributed by atoms with Crippen LogP contribution >= 0.6 is 0 Å². The maximum absolute atomic E-state index is 13.0. The summed E-state index contributed by atoms with van der Waals surface area (Å²) < 4.78 is 0. The van der Waals surface area contributed by atoms with E-state index in [4.69, 9.17) is 0 Å². The zero-order valence-corrected chi connectivity index (χ0v) is 14.0. The van der Waals surface area contributed by atoms with E-state index in [2.05, 4.69) is 31.0 Å². The molecule has 4 unspecified atom stereocenters. The van der Waals surface area contributed by atoms with Crippen molar-refractivity contribution in [3.8, 4) is 0 Å². The van der Waals surface area contributed by atoms with E-state index in [0.717, 1.165) is 6.42 Å². The van der Waals surface area contributed by atoms with Crippen molar-refractivity contribution in [2.45, 2.75) is 90.4 Å². The number of carbonyl (C=O) groups excluding carboxylic acids is 1. The number of nitrogens with zero attached hydrogens (tertiary/aromatic N) is 1. The van der Waals surface area contributed by atoms with E-state index < -0.39 is 0 Å². The van der Waals surface area contributed by atoms with Gasteiger partial charge >= 0.3 is 0 Å². The summed E-state index contributed by atoms with van der Waals surface area (Å²) in [4.78, 5) is 15.3. The first-order chi connectivity index (χ1) is 10.1. The highest BCUT2D eigenvalue weighted by Crippen LogP contribution is 2.38. The van der Waals surface area contributed by atoms with Gasteiger partial charge in [-0.3, -0.25) is 10.1 Å². The second-order valence-electron chi connectivity index (χ2n) is 8.06. The SMILES string of the molecule is CC(C)CC1NC(C2CCCC2)N(C2CCCC2C)C1=O. The molecule has 3 heteroatoms. The molecular weight excluding hydrogens is 260 g/mol. The summed E-state index contributed by atoms with van der Waals surface area (Å²) >= 11 is 0. The maximum atomic E-state index is 13.0. The summed E-state index contributed by atoms with van der Waals surface area (Å²) in [5.41, 5.74) is 0. The maximum Gasteiger partial charge on any atom is 0.241 e. The van der Waals surface area contributed by atoms with Gasteiger partial charge in [0.1, 0.15) is 0 Å². The molecule has 3 rings (SSSR count). The number of nitrogens with one attached hydrogen (secondary N) is 1. The molecule has 1 aliphatic heterocycles. The molecular formula is C18H32N2O. The van der Waals surface area contributed by atoms with Crippen LogP contribution in [0.2, 0.25) is 0 Å². The average Bonchev–Trinajstić information content (AvgIpc) is 3.12. The van der Waals surface area contributed by atoms with Crippen LogP contribution in [0.5, 0.6) is 0 Å². The van der Waals surface area contributed by atoms with E-state index in [1.807, 2.05) is 0 Å². The van der Waals surface area contributed by atoms with Crippen LogP contribution in [0.1, 0.15) is 72.1 Å². The van der Waals surface area contributed by atoms with Gasteiger partial charge in [0, 0.05) is 6.04 Å². The molecule has 2 aliphatic carbocycles. The molecule has 0 aromatic carbocycles. The minimum Gasteiger partial charge on any atom is -0.322 e. The number of amides is 1. The van der Waals surface area contributed by atoms with Gasteiger partial charge in [0.25, 0.3) is 0 Å². The lowest BCUT2D eigenvalue weighted by molar-refractivity contribution is -0.134. The van der Waals surface area contributed by atoms with Crippen molar-refractivity contribution in [2.24, 2.45) is 17.8 Å². The van der Waals surface area contributed by atoms with E-state index in [9.17, 15) is 4.79 Å². The summed E-state index contributed by atoms with van der Waals surface area (Å²) in [7, 11) is 0. The Labute approximate surface area is 129 Å². The fourth-order valence-electron chi connectivity index (χ4n) is 4.86. The molecule has 3 nitrogen and oxygen atoms in total. The number of hydrogen-bond acceptors (Lipinski definition) is 2. The highest BCUT2D eigenvalue weighted by molar-refractivity contribution is 5.84. The van der Waals surface area contributed by atoms with Crippen LogP contribution in [0.15, 0.2) is 0 Å². The molecule has 120 valence electrons. The second-order valence-corrected chi connectivity index (χ2v) is 8.06. The van der Waals surface area contributed by atoms with Crippen LogP contribution in [-0.4, -0.2) is 29.1 Å². The molecule has 0 aromatic heterocycles. The summed E-state index contributed by atoms with van der Waals surface area (Å²) in [5, 5.41) is 3.74. The third-order valence-electron chi connectivity index (χ3n) is 5.95. The van der Waals surface area contributed by atoms with Crippen molar-refractivity contribution in [3.05, 3.63) is 0 Å². The van der Waals surface area contributed by atoms with Gasteiger partial charge in [-0.1, -0.05) is 40.0 Å². The van der Waals surface area contributed by atoms with E-state index in [1.165, 1.54) is 44.9 Å². The third-order valence-corrected chi connectivity index (χ3v) is 5.95. The quantitative estimate of drug-likeness (QED) is 0.859. The lowest BCUT2D eigenvalue weighted by Gasteiger charge is -2.36. The van der Waals surface area contributed by atoms with Crippen LogP contribution in [0, 0.1) is 17.8 Å². The topological polar surface area (TPSA) is 32.3 Å². The lowest BCUT2D eigenvalue weighted by Crippen LogP contribution is -2.49. The van der Waals surface area contributed by atoms with E-state index in [1.54, 1.807) is 0 Å². The first-order valence-electron chi connectivity index (χ1n) is 9.16. The molecule has 1 heterocycles. The summed E-state index contributed by atoms with van der Waals surface area (Å²) in [6.45, 7) is 6.78. The monoisotopic (exact) mass is 292 g/mol. The first-order valence-corrected chi connectivity index (χ1v) is 9.16. The molecule has 0 radical (unpaired) electrons. The Hall–Kier alpha value is -0.570. The fraction of sp³-hybridized carbons (Fsp3) is 0.944. The van der Waals surface area contributed by atoms with Gasteiger partial charge in [0.05, 0.1) is 12.2 Å². The molecule has 2 saturated carbocycles. The molecule has 3 fully saturated rings. The van der Waals surface area contributed by atoms with Gasteiger partial charge in [0.2, 0.25) is 5.91 Å². The van der Waals surface area contributed by atoms with Crippen molar-refractivity contribution in [2.75, 3.05) is 0 Å². The molecule has 0 spiro atoms. The van der Waals surface area contributed by atoms with Crippen molar-refractivity contribution in [3.63, 3.8) is 0 Å². The van der Waals surface area contributed by atoms with Gasteiger partial charge in [-0.25, -0.2) is 0 Å². The van der Waals surface area contributed by atoms with Gasteiger partial charge < -0.3 is 4.90 Å². The van der Waals surface area contributed by atoms with Crippen LogP contribution < -0.4 is 5.32 Å². The minimum absolute atomic E-state index is 0.0726. The lowest BCUT2D eigenvalue weighted by atomic mass is 9.99. The van der Waals surface area contributed by atoms with Crippen molar-refractivity contribution in [1.29, 1.82) is 0 Å². The Morgan fingerprint density at radius 1 is 1.14 bits per heavy atom. The number of hydrogen-bond donors (Lipinski definition) is 1. The predicted octanol–water partition coefficient (Wildman–Crippen LogP) is 3.54. The molecule has 1 amide bonds. The summed E-state index contributed by atoms with van der Waals surface area (Å²) in [6.07, 6.45) is 10.4. The Kier molecular flexibility index (Phi) is 4.58. The number of carbonyl (C=O) groups is 1. The molecule has 1 N–H and O–H groups in total. The normalized spacial score (nSPS) is 38.1. The largest absolute Gasteiger partial charge is 0.322 e. The fourth-order valence-corrected chi connectivity index (χ4v) is 4.86. The van der Waals surface area contributed by atoms with Crippen molar-refractivity contribution >= 4 is 5.91 Å². The Balaban J connectivity index is 1.79. The Morgan fingerprint density at radius 2 is 1.86 bits per heavy atom. The van der Waals surface area contributed by atoms with Crippen LogP contribution in [0.3, 0.4) is 0 Å². The molecule has 0 bridgehead atoms. The van der Waals surface area contributed by atoms with E-state index in [-0.39, 0.29) is 6.04 Å². The molecule has 0 aromatic rings. The Morgan fingerprint density at radius 3 is 2.43 bits per heavy atom. The zero-order chi connectivity index (χ0) is 15.0. The standard InChI is InChI=1S/C18H32N2O/c1-12(2)11-15-18(21)20(16-10-6-7-13(16)3)17(19-15)14-8-4-5-9-14/h12-17,19H,4-11H2,1-3H3. The van der Waals surface area contributed by atoms with Gasteiger partial charge in [0.15, 0.2) is 0 Å². The van der Waals surface area contributed by atoms with Crippen molar-refractivity contribution in [1.82, 2.24) is 10.2 Å². The molecule has 3 aliphatic rings. The Bertz CT molecular complexity index is 375. The van der Waals surface area contributed by atoms with E-state index in [0.29, 0.717) is 35.9 Å². The van der Waals surface area contributed by atoms with Gasteiger partial charge in [-0.05, 0) is 49.9 Å². The average molecular weight is 292 g/mol. The zero-order valence-electron chi connectivity index (χ0n) is 14.0. The predicted molar refractivity (Wildman–Crippen MR) is 85.8 cm³/mol. The smallest absolute Gasteiger partial charge is 0.241 e. The summed E-state index contributed by atoms with van der Waals surface area (Å²) in [6, 6.07) is 0.566. The highest BCUT2D eigenvalue weighted by atomic mass is 16.2. The minimum atomic E-state index is 0.0726. The first kappa shape index (κ1) is 15.3. The van der Waals surface area contributed by atoms with Crippen LogP contribution in [-0.2, 0) is 4.79 Å². The van der Waals surface area contributed by atoms with Crippen LogP contribution in [0.4, 0.5) is 0 Å². The number of rotatable bonds is 4. The third kappa shape index (κ3) is 2.99. The van der Waals surface area contributed by atoms with Gasteiger partial charge in [-0.2, -0.15) is 0 Å². The summed E-state index contributed by atoms with van der Waals surface area (Å²) in [5.74, 6) is 2.35. The molecule has 21 heavy (non-hydrogen) atoms. The van der Waals surface area contributed by atoms with Gasteiger partial charge in [-0.15, -0.1) is 0 Å². The van der Waals surface area contributed by atoms with Crippen LogP contribution in [0.25, 0.3) is 0 Å². The second kappa shape index (κ2) is 6.28.